The summed E-state index contributed by atoms with van der Waals surface area (Å²) in [7, 11) is -20.7. The molecule has 0 aliphatic carbocycles. The average Bonchev–Trinajstić information content (AvgIpc) is 1.62. The first-order valence-corrected chi connectivity index (χ1v) is 8.00. The second-order valence-electron chi connectivity index (χ2n) is 1.63. The fourth-order valence-corrected chi connectivity index (χ4v) is 0. The molecule has 0 amide bonds. The molecule has 24 heteroatoms. The Balaban J connectivity index is -0.0000000225. The maximum absolute atomic E-state index is 8.52. The average molecular weight is 624 g/mol. The molecular weight excluding hydrogens is 624 g/mol. The minimum Gasteiger partial charge on any atom is -0.759 e. The van der Waals surface area contributed by atoms with Crippen molar-refractivity contribution in [2.45, 2.75) is 0 Å². The maximum atomic E-state index is 8.52. The summed E-state index contributed by atoms with van der Waals surface area (Å²) < 4.78 is 136. The number of rotatable bonds is 0. The minimum atomic E-state index is -5.17. The van der Waals surface area contributed by atoms with Crippen LogP contribution in [0.4, 0.5) is 0 Å². The van der Waals surface area contributed by atoms with Gasteiger partial charge >= 0.3 is 66.8 Å². The molecule has 0 aliphatic heterocycles. The van der Waals surface area contributed by atoms with Gasteiger partial charge in [0.15, 0.2) is 0 Å². The normalized spacial score (nSPS) is 9.67. The summed E-state index contributed by atoms with van der Waals surface area (Å²) in [5.41, 5.74) is 0. The van der Waals surface area contributed by atoms with Crippen molar-refractivity contribution in [3.8, 4) is 0 Å². The van der Waals surface area contributed by atoms with Gasteiger partial charge < -0.3 is 36.4 Å². The zero-order valence-electron chi connectivity index (χ0n) is 9.43. The van der Waals surface area contributed by atoms with E-state index in [9.17, 15) is 0 Å². The first-order chi connectivity index (χ1) is 8.00. The monoisotopic (exact) mass is 622 g/mol. The Bertz CT molecular complexity index is 489. The van der Waals surface area contributed by atoms with E-state index < -0.39 is 41.6 Å². The standard InChI is InChI=1S/Co.Cu.2Ni.4H2O4S/c;;;;4*1-5(2,3)4/h;;;;4*(H2,1,2,3,4)/q4*+2;;;;/p-8. The van der Waals surface area contributed by atoms with E-state index in [-0.39, 0.29) is 66.8 Å². The molecule has 0 aromatic heterocycles. The molecule has 0 bridgehead atoms. The Morgan fingerprint density at radius 3 is 0.375 bits per heavy atom. The van der Waals surface area contributed by atoms with Crippen molar-refractivity contribution in [2.75, 3.05) is 0 Å². The molecule has 0 atom stereocenters. The molecule has 0 fully saturated rings. The molecule has 16 nitrogen and oxygen atoms in total. The van der Waals surface area contributed by atoms with E-state index in [1.165, 1.54) is 0 Å². The van der Waals surface area contributed by atoms with Crippen LogP contribution in [0.3, 0.4) is 0 Å². The first-order valence-electron chi connectivity index (χ1n) is 2.67. The first kappa shape index (κ1) is 50.0. The van der Waals surface area contributed by atoms with E-state index in [0.29, 0.717) is 0 Å². The van der Waals surface area contributed by atoms with Crippen molar-refractivity contribution in [3.63, 3.8) is 0 Å². The molecule has 0 heterocycles. The van der Waals surface area contributed by atoms with Crippen LogP contribution in [0.15, 0.2) is 0 Å². The van der Waals surface area contributed by atoms with E-state index in [4.69, 9.17) is 70.1 Å². The van der Waals surface area contributed by atoms with Gasteiger partial charge in [0.25, 0.3) is 0 Å². The van der Waals surface area contributed by atoms with Crippen molar-refractivity contribution in [3.05, 3.63) is 0 Å². The Labute approximate surface area is 177 Å². The second kappa shape index (κ2) is 20.8. The predicted molar refractivity (Wildman–Crippen MR) is 41.9 cm³/mol. The van der Waals surface area contributed by atoms with Gasteiger partial charge in [-0.25, -0.2) is 0 Å². The third-order valence-corrected chi connectivity index (χ3v) is 0. The summed E-state index contributed by atoms with van der Waals surface area (Å²) in [6, 6.07) is 0. The molecule has 2 radical (unpaired) electrons. The quantitative estimate of drug-likeness (QED) is 0.138. The number of hydrogen-bond acceptors (Lipinski definition) is 16. The van der Waals surface area contributed by atoms with Gasteiger partial charge in [0.1, 0.15) is 0 Å². The van der Waals surface area contributed by atoms with Gasteiger partial charge in [0.05, 0.1) is 0 Å². The summed E-state index contributed by atoms with van der Waals surface area (Å²) in [5.74, 6) is 0. The molecule has 0 rings (SSSR count). The Hall–Kier alpha value is 1.49. The molecule has 0 aromatic carbocycles. The molecule has 160 valence electrons. The molecule has 0 saturated carbocycles. The molecule has 0 N–H and O–H groups in total. The van der Waals surface area contributed by atoms with Gasteiger partial charge in [-0.05, 0) is 0 Å². The molecular formula is CoCuNi2O16S4. The third-order valence-electron chi connectivity index (χ3n) is 0. The third kappa shape index (κ3) is 5330. The minimum absolute atomic E-state index is 0. The SMILES string of the molecule is O=S(=O)([O-])[O-].O=S(=O)([O-])[O-].O=S(=O)([O-])[O-].O=S(=O)([O-])[O-].[Co+2].[Cu+2].[Ni+2].[Ni+2]. The van der Waals surface area contributed by atoms with Crippen molar-refractivity contribution >= 4 is 41.6 Å². The number of hydrogen-bond donors (Lipinski definition) is 0. The van der Waals surface area contributed by atoms with Crippen molar-refractivity contribution < 1.29 is 137 Å². The van der Waals surface area contributed by atoms with E-state index in [2.05, 4.69) is 0 Å². The van der Waals surface area contributed by atoms with Crippen molar-refractivity contribution in [1.82, 2.24) is 0 Å². The van der Waals surface area contributed by atoms with Crippen LogP contribution in [0.1, 0.15) is 0 Å². The summed E-state index contributed by atoms with van der Waals surface area (Å²) in [6.07, 6.45) is 0. The molecule has 0 aromatic rings. The zero-order valence-corrected chi connectivity index (χ0v) is 16.7. The molecule has 0 saturated heterocycles. The van der Waals surface area contributed by atoms with Crippen molar-refractivity contribution in [2.24, 2.45) is 0 Å². The van der Waals surface area contributed by atoms with Gasteiger partial charge in [-0.15, -0.1) is 0 Å². The molecule has 0 unspecified atom stereocenters. The van der Waals surface area contributed by atoms with Crippen LogP contribution >= 0.6 is 0 Å². The summed E-state index contributed by atoms with van der Waals surface area (Å²) in [6.45, 7) is 0. The smallest absolute Gasteiger partial charge is 0.759 e. The van der Waals surface area contributed by atoms with Gasteiger partial charge in [-0.1, -0.05) is 0 Å². The fourth-order valence-electron chi connectivity index (χ4n) is 0. The molecule has 24 heavy (non-hydrogen) atoms. The van der Waals surface area contributed by atoms with Crippen LogP contribution in [0, 0.1) is 0 Å². The summed E-state index contributed by atoms with van der Waals surface area (Å²) in [4.78, 5) is 0. The van der Waals surface area contributed by atoms with Gasteiger partial charge in [0, 0.05) is 41.6 Å². The van der Waals surface area contributed by atoms with E-state index in [0.717, 1.165) is 0 Å². The molecule has 0 aliphatic rings. The Morgan fingerprint density at radius 2 is 0.375 bits per heavy atom. The Morgan fingerprint density at radius 1 is 0.375 bits per heavy atom. The van der Waals surface area contributed by atoms with Gasteiger partial charge in [-0.2, -0.15) is 0 Å². The fraction of sp³-hybridized carbons (Fsp3) is 0. The predicted octanol–water partition coefficient (Wildman–Crippen LogP) is -5.36. The van der Waals surface area contributed by atoms with Crippen molar-refractivity contribution in [1.29, 1.82) is 0 Å². The van der Waals surface area contributed by atoms with Gasteiger partial charge in [0.2, 0.25) is 0 Å². The topological polar surface area (TPSA) is 321 Å². The second-order valence-corrected chi connectivity index (χ2v) is 4.90. The van der Waals surface area contributed by atoms with Crippen LogP contribution in [0.5, 0.6) is 0 Å². The van der Waals surface area contributed by atoms with Crippen LogP contribution in [0.2, 0.25) is 0 Å². The summed E-state index contributed by atoms with van der Waals surface area (Å²) in [5, 5.41) is 0. The Kier molecular flexibility index (Phi) is 43.3. The van der Waals surface area contributed by atoms with Crippen LogP contribution in [-0.2, 0) is 108 Å². The van der Waals surface area contributed by atoms with Crippen LogP contribution in [0.25, 0.3) is 0 Å². The maximum Gasteiger partial charge on any atom is 2.00 e. The largest absolute Gasteiger partial charge is 2.00 e. The van der Waals surface area contributed by atoms with E-state index in [1.54, 1.807) is 0 Å². The summed E-state index contributed by atoms with van der Waals surface area (Å²) >= 11 is 0. The van der Waals surface area contributed by atoms with Crippen LogP contribution in [-0.4, -0.2) is 70.1 Å². The van der Waals surface area contributed by atoms with E-state index in [1.807, 2.05) is 0 Å². The van der Waals surface area contributed by atoms with Crippen LogP contribution < -0.4 is 0 Å². The molecule has 0 spiro atoms. The van der Waals surface area contributed by atoms with E-state index >= 15 is 0 Å². The zero-order chi connectivity index (χ0) is 18.0. The van der Waals surface area contributed by atoms with Gasteiger partial charge in [-0.3, -0.25) is 33.7 Å².